The highest BCUT2D eigenvalue weighted by Gasteiger charge is 2.31. The summed E-state index contributed by atoms with van der Waals surface area (Å²) in [6.45, 7) is 3.68. The molecule has 0 radical (unpaired) electrons. The molecule has 0 saturated carbocycles. The van der Waals surface area contributed by atoms with Crippen LogP contribution in [0.1, 0.15) is 26.7 Å². The van der Waals surface area contributed by atoms with Crippen LogP contribution in [0.4, 0.5) is 14.9 Å². The number of carbonyl (C=O) groups excluding carboxylic acids is 1. The van der Waals surface area contributed by atoms with Gasteiger partial charge in [-0.2, -0.15) is 0 Å². The highest BCUT2D eigenvalue weighted by atomic mass is 19.1. The maximum atomic E-state index is 13.0. The Labute approximate surface area is 111 Å². The molecule has 0 aliphatic carbocycles. The first-order chi connectivity index (χ1) is 8.93. The van der Waals surface area contributed by atoms with Gasteiger partial charge >= 0.3 is 6.03 Å². The summed E-state index contributed by atoms with van der Waals surface area (Å²) in [6.07, 6.45) is 1.02. The maximum Gasteiger partial charge on any atom is 0.320 e. The van der Waals surface area contributed by atoms with Gasteiger partial charge < -0.3 is 16.4 Å². The monoisotopic (exact) mass is 266 g/mol. The molecule has 0 bridgehead atoms. The Bertz CT molecular complexity index is 471. The zero-order valence-electron chi connectivity index (χ0n) is 11.1. The van der Waals surface area contributed by atoms with Crippen molar-refractivity contribution < 1.29 is 9.18 Å². The molecule has 0 unspecified atom stereocenters. The van der Waals surface area contributed by atoms with E-state index in [2.05, 4.69) is 10.6 Å². The van der Waals surface area contributed by atoms with Gasteiger partial charge in [0.15, 0.2) is 0 Å². The summed E-state index contributed by atoms with van der Waals surface area (Å²) in [5, 5.41) is 12.8. The van der Waals surface area contributed by atoms with Crippen molar-refractivity contribution in [1.82, 2.24) is 5.32 Å². The highest BCUT2D eigenvalue weighted by molar-refractivity contribution is 5.96. The van der Waals surface area contributed by atoms with Crippen LogP contribution < -0.4 is 16.4 Å². The first-order valence-corrected chi connectivity index (χ1v) is 6.12. The Hall–Kier alpha value is -2.11. The van der Waals surface area contributed by atoms with Crippen molar-refractivity contribution in [3.05, 3.63) is 30.1 Å². The summed E-state index contributed by atoms with van der Waals surface area (Å²) >= 11 is 0. The minimum absolute atomic E-state index is 0.0908. The van der Waals surface area contributed by atoms with Crippen molar-refractivity contribution in [2.45, 2.75) is 32.2 Å². The molecule has 1 rings (SSSR count). The maximum absolute atomic E-state index is 13.0. The molecular formula is C13H19FN4O. The number of carbonyl (C=O) groups is 1. The molecule has 5 nitrogen and oxygen atoms in total. The minimum Gasteiger partial charge on any atom is -0.386 e. The number of amides is 2. The third-order valence-electron chi connectivity index (χ3n) is 3.16. The van der Waals surface area contributed by atoms with Crippen LogP contribution in [0.25, 0.3) is 0 Å². The van der Waals surface area contributed by atoms with Crippen molar-refractivity contribution in [2.24, 2.45) is 5.73 Å². The number of rotatable bonds is 5. The summed E-state index contributed by atoms with van der Waals surface area (Å²) in [5.74, 6) is -0.520. The summed E-state index contributed by atoms with van der Waals surface area (Å²) < 4.78 is 13.0. The first-order valence-electron chi connectivity index (χ1n) is 6.12. The number of urea groups is 1. The largest absolute Gasteiger partial charge is 0.386 e. The van der Waals surface area contributed by atoms with Crippen molar-refractivity contribution >= 4 is 17.6 Å². The SMILES string of the molecule is CCC(CC)(NC(=O)Nc1cccc(F)c1)C(=N)N. The van der Waals surface area contributed by atoms with Gasteiger partial charge in [-0.25, -0.2) is 9.18 Å². The predicted molar refractivity (Wildman–Crippen MR) is 73.8 cm³/mol. The molecule has 0 aliphatic rings. The molecule has 0 atom stereocenters. The standard InChI is InChI=1S/C13H19FN4O/c1-3-13(4-2,11(15)16)18-12(19)17-10-7-5-6-9(14)8-10/h5-8H,3-4H2,1-2H3,(H3,15,16)(H2,17,18,19). The Morgan fingerprint density at radius 2 is 2.05 bits per heavy atom. The van der Waals surface area contributed by atoms with E-state index in [0.717, 1.165) is 0 Å². The first kappa shape index (κ1) is 14.9. The molecule has 19 heavy (non-hydrogen) atoms. The number of halogens is 1. The lowest BCUT2D eigenvalue weighted by molar-refractivity contribution is 0.243. The third-order valence-corrected chi connectivity index (χ3v) is 3.16. The Kier molecular flexibility index (Phi) is 4.86. The van der Waals surface area contributed by atoms with E-state index in [1.807, 2.05) is 13.8 Å². The second-order valence-corrected chi connectivity index (χ2v) is 4.29. The van der Waals surface area contributed by atoms with E-state index in [1.54, 1.807) is 6.07 Å². The lowest BCUT2D eigenvalue weighted by atomic mass is 9.92. The lowest BCUT2D eigenvalue weighted by Crippen LogP contribution is -2.57. The van der Waals surface area contributed by atoms with Gasteiger partial charge in [-0.1, -0.05) is 19.9 Å². The van der Waals surface area contributed by atoms with E-state index in [4.69, 9.17) is 11.1 Å². The second-order valence-electron chi connectivity index (χ2n) is 4.29. The molecule has 2 amide bonds. The van der Waals surface area contributed by atoms with Crippen molar-refractivity contribution in [2.75, 3.05) is 5.32 Å². The molecule has 0 fully saturated rings. The van der Waals surface area contributed by atoms with Crippen LogP contribution in [0.3, 0.4) is 0 Å². The second kappa shape index (κ2) is 6.17. The molecule has 1 aromatic rings. The molecule has 0 aromatic heterocycles. The summed E-state index contributed by atoms with van der Waals surface area (Å²) in [6, 6.07) is 5.08. The van der Waals surface area contributed by atoms with E-state index in [-0.39, 0.29) is 5.84 Å². The molecule has 0 spiro atoms. The summed E-state index contributed by atoms with van der Waals surface area (Å²) in [7, 11) is 0. The number of nitrogens with two attached hydrogens (primary N) is 1. The van der Waals surface area contributed by atoms with E-state index in [1.165, 1.54) is 18.2 Å². The van der Waals surface area contributed by atoms with Gasteiger partial charge in [0.2, 0.25) is 0 Å². The molecular weight excluding hydrogens is 247 g/mol. The van der Waals surface area contributed by atoms with Gasteiger partial charge in [0.1, 0.15) is 11.7 Å². The van der Waals surface area contributed by atoms with Crippen molar-refractivity contribution in [1.29, 1.82) is 5.41 Å². The topological polar surface area (TPSA) is 91.0 Å². The molecule has 0 aliphatic heterocycles. The highest BCUT2D eigenvalue weighted by Crippen LogP contribution is 2.15. The Balaban J connectivity index is 2.76. The fourth-order valence-corrected chi connectivity index (χ4v) is 1.82. The minimum atomic E-state index is -0.864. The van der Waals surface area contributed by atoms with Crippen LogP contribution in [0.2, 0.25) is 0 Å². The number of hydrogen-bond acceptors (Lipinski definition) is 2. The Morgan fingerprint density at radius 1 is 1.42 bits per heavy atom. The molecule has 0 heterocycles. The predicted octanol–water partition coefficient (Wildman–Crippen LogP) is 2.44. The Morgan fingerprint density at radius 3 is 2.53 bits per heavy atom. The van der Waals surface area contributed by atoms with Gasteiger partial charge in [0, 0.05) is 5.69 Å². The molecule has 6 heteroatoms. The summed E-state index contributed by atoms with van der Waals surface area (Å²) in [4.78, 5) is 11.9. The van der Waals surface area contributed by atoms with Crippen LogP contribution in [0.15, 0.2) is 24.3 Å². The van der Waals surface area contributed by atoms with E-state index in [0.29, 0.717) is 18.5 Å². The zero-order valence-corrected chi connectivity index (χ0v) is 11.1. The van der Waals surface area contributed by atoms with Crippen LogP contribution in [-0.4, -0.2) is 17.4 Å². The quantitative estimate of drug-likeness (QED) is 0.487. The average Bonchev–Trinajstić information content (AvgIpc) is 2.35. The van der Waals surface area contributed by atoms with Crippen molar-refractivity contribution in [3.8, 4) is 0 Å². The normalized spacial score (nSPS) is 10.9. The molecule has 1 aromatic carbocycles. The molecule has 0 saturated heterocycles. The fraction of sp³-hybridized carbons (Fsp3) is 0.385. The van der Waals surface area contributed by atoms with Crippen LogP contribution in [-0.2, 0) is 0 Å². The average molecular weight is 266 g/mol. The molecule has 5 N–H and O–H groups in total. The fourth-order valence-electron chi connectivity index (χ4n) is 1.82. The van der Waals surface area contributed by atoms with E-state index < -0.39 is 17.4 Å². The summed E-state index contributed by atoms with van der Waals surface area (Å²) in [5.41, 5.74) is 5.02. The van der Waals surface area contributed by atoms with Gasteiger partial charge in [0.05, 0.1) is 5.54 Å². The zero-order chi connectivity index (χ0) is 14.5. The number of benzene rings is 1. The van der Waals surface area contributed by atoms with Gasteiger partial charge in [0.25, 0.3) is 0 Å². The number of hydrogen-bond donors (Lipinski definition) is 4. The third kappa shape index (κ3) is 3.67. The van der Waals surface area contributed by atoms with E-state index in [9.17, 15) is 9.18 Å². The number of nitrogens with one attached hydrogen (secondary N) is 3. The number of amidine groups is 1. The van der Waals surface area contributed by atoms with Gasteiger partial charge in [-0.3, -0.25) is 5.41 Å². The van der Waals surface area contributed by atoms with Gasteiger partial charge in [-0.15, -0.1) is 0 Å². The number of anilines is 1. The van der Waals surface area contributed by atoms with E-state index >= 15 is 0 Å². The van der Waals surface area contributed by atoms with Crippen LogP contribution >= 0.6 is 0 Å². The smallest absolute Gasteiger partial charge is 0.320 e. The lowest BCUT2D eigenvalue weighted by Gasteiger charge is -2.31. The molecule has 104 valence electrons. The van der Waals surface area contributed by atoms with Gasteiger partial charge in [-0.05, 0) is 31.0 Å². The van der Waals surface area contributed by atoms with Crippen LogP contribution in [0.5, 0.6) is 0 Å². The van der Waals surface area contributed by atoms with Crippen molar-refractivity contribution in [3.63, 3.8) is 0 Å². The van der Waals surface area contributed by atoms with Crippen LogP contribution in [0, 0.1) is 11.2 Å².